The van der Waals surface area contributed by atoms with Crippen LogP contribution in [0.25, 0.3) is 5.69 Å². The monoisotopic (exact) mass is 675 g/mol. The molecule has 1 atom stereocenters. The van der Waals surface area contributed by atoms with E-state index in [0.29, 0.717) is 56.5 Å². The largest absolute Gasteiger partial charge is 0.490 e. The number of carbonyl (C=O) groups excluding carboxylic acids is 1. The molecule has 0 aliphatic carbocycles. The number of carbonyl (C=O) groups is 1. The van der Waals surface area contributed by atoms with E-state index in [9.17, 15) is 4.79 Å². The molecule has 1 amide bonds. The third kappa shape index (κ3) is 6.83. The molecule has 1 aliphatic rings. The summed E-state index contributed by atoms with van der Waals surface area (Å²) in [5.74, 6) is 2.84. The summed E-state index contributed by atoms with van der Waals surface area (Å²) < 4.78 is 26.6. The van der Waals surface area contributed by atoms with E-state index in [0.717, 1.165) is 56.2 Å². The van der Waals surface area contributed by atoms with Gasteiger partial charge in [-0.1, -0.05) is 6.07 Å². The van der Waals surface area contributed by atoms with Crippen LogP contribution in [0, 0.1) is 13.8 Å². The number of halogens is 1. The van der Waals surface area contributed by atoms with Crippen LogP contribution in [0.1, 0.15) is 72.2 Å². The number of amides is 1. The van der Waals surface area contributed by atoms with Crippen LogP contribution in [0.15, 0.2) is 59.1 Å². The number of hydrogen-bond donors (Lipinski definition) is 0. The normalized spacial score (nSPS) is 14.2. The predicted molar refractivity (Wildman–Crippen MR) is 179 cm³/mol. The second kappa shape index (κ2) is 14.4. The van der Waals surface area contributed by atoms with Gasteiger partial charge in [-0.2, -0.15) is 5.10 Å². The van der Waals surface area contributed by atoms with Gasteiger partial charge < -0.3 is 23.8 Å². The maximum atomic E-state index is 14.3. The van der Waals surface area contributed by atoms with Gasteiger partial charge in [0.25, 0.3) is 5.91 Å². The van der Waals surface area contributed by atoms with Crippen molar-refractivity contribution in [2.24, 2.45) is 0 Å². The first kappa shape index (κ1) is 32.4. The van der Waals surface area contributed by atoms with Gasteiger partial charge in [0.05, 0.1) is 54.0 Å². The summed E-state index contributed by atoms with van der Waals surface area (Å²) in [4.78, 5) is 16.3. The highest BCUT2D eigenvalue weighted by molar-refractivity contribution is 9.10. The molecule has 0 spiro atoms. The van der Waals surface area contributed by atoms with Crippen LogP contribution in [0.5, 0.6) is 23.0 Å². The summed E-state index contributed by atoms with van der Waals surface area (Å²) in [6.07, 6.45) is 1.32. The van der Waals surface area contributed by atoms with Crippen molar-refractivity contribution >= 4 is 21.8 Å². The Hall–Kier alpha value is -3.98. The van der Waals surface area contributed by atoms with Gasteiger partial charge in [-0.05, 0) is 136 Å². The lowest BCUT2D eigenvalue weighted by Gasteiger charge is -2.38. The lowest BCUT2D eigenvalue weighted by molar-refractivity contribution is 0.0659. The highest BCUT2D eigenvalue weighted by Gasteiger charge is 2.33. The number of aromatic nitrogens is 2. The lowest BCUT2D eigenvalue weighted by atomic mass is 9.87. The second-order valence-electron chi connectivity index (χ2n) is 10.9. The first-order chi connectivity index (χ1) is 21.8. The fourth-order valence-corrected chi connectivity index (χ4v) is 6.19. The molecule has 2 heterocycles. The van der Waals surface area contributed by atoms with Gasteiger partial charge in [0.2, 0.25) is 0 Å². The van der Waals surface area contributed by atoms with E-state index in [4.69, 9.17) is 18.9 Å². The summed E-state index contributed by atoms with van der Waals surface area (Å²) in [6, 6.07) is 17.7. The zero-order chi connectivity index (χ0) is 32.1. The van der Waals surface area contributed by atoms with Crippen LogP contribution in [0.4, 0.5) is 0 Å². The first-order valence-corrected chi connectivity index (χ1v) is 16.5. The maximum absolute atomic E-state index is 14.3. The summed E-state index contributed by atoms with van der Waals surface area (Å²) in [6.45, 7) is 14.6. The Labute approximate surface area is 274 Å². The molecule has 0 saturated carbocycles. The molecule has 0 radical (unpaired) electrons. The van der Waals surface area contributed by atoms with E-state index >= 15 is 0 Å². The van der Waals surface area contributed by atoms with Crippen molar-refractivity contribution in [3.8, 4) is 28.7 Å². The van der Waals surface area contributed by atoms with Gasteiger partial charge in [-0.3, -0.25) is 4.79 Å². The second-order valence-corrected chi connectivity index (χ2v) is 11.7. The number of ether oxygens (including phenoxy) is 4. The summed E-state index contributed by atoms with van der Waals surface area (Å²) in [7, 11) is 0. The molecule has 0 N–H and O–H groups in total. The molecule has 238 valence electrons. The lowest BCUT2D eigenvalue weighted by Crippen LogP contribution is -2.41. The number of aryl methyl sites for hydroxylation is 1. The van der Waals surface area contributed by atoms with Gasteiger partial charge in [0, 0.05) is 12.1 Å². The molecule has 3 aromatic carbocycles. The Kier molecular flexibility index (Phi) is 10.4. The highest BCUT2D eigenvalue weighted by atomic mass is 79.9. The first-order valence-electron chi connectivity index (χ1n) is 15.7. The Bertz CT molecular complexity index is 1650. The van der Waals surface area contributed by atoms with E-state index in [1.54, 1.807) is 0 Å². The molecule has 5 rings (SSSR count). The predicted octanol–water partition coefficient (Wildman–Crippen LogP) is 7.83. The third-order valence-corrected chi connectivity index (χ3v) is 9.17. The van der Waals surface area contributed by atoms with Crippen molar-refractivity contribution < 1.29 is 23.7 Å². The zero-order valence-electron chi connectivity index (χ0n) is 27.0. The van der Waals surface area contributed by atoms with Gasteiger partial charge in [-0.15, -0.1) is 0 Å². The fourth-order valence-electron chi connectivity index (χ4n) is 5.94. The average Bonchev–Trinajstić information content (AvgIpc) is 3.30. The van der Waals surface area contributed by atoms with Crippen molar-refractivity contribution in [3.05, 3.63) is 92.7 Å². The fraction of sp³-hybridized carbons (Fsp3) is 0.389. The molecular weight excluding hydrogens is 634 g/mol. The minimum atomic E-state index is -0.227. The topological polar surface area (TPSA) is 75.0 Å². The molecule has 0 fully saturated rings. The average molecular weight is 677 g/mol. The van der Waals surface area contributed by atoms with Crippen molar-refractivity contribution in [3.63, 3.8) is 0 Å². The Morgan fingerprint density at radius 3 is 2.02 bits per heavy atom. The SMILES string of the molecule is CCOc1ccc(CC2c3cc(OCC)c(OCC)cc3CCN2C(=O)c2ccc(-n3nc(C)c(Br)c3C)cc2)cc1OCC. The molecule has 0 saturated heterocycles. The van der Waals surface area contributed by atoms with Crippen LogP contribution in [0.2, 0.25) is 0 Å². The number of rotatable bonds is 12. The molecule has 1 aromatic heterocycles. The standard InChI is InChI=1S/C36H42BrN3O5/c1-7-42-31-16-11-25(20-32(31)43-8-2)19-30-29-22-34(45-10-4)33(44-9-3)21-27(29)17-18-39(30)36(41)26-12-14-28(15-13-26)40-24(6)35(37)23(5)38-40/h11-16,20-22,30H,7-10,17-19H2,1-6H3. The molecule has 45 heavy (non-hydrogen) atoms. The zero-order valence-corrected chi connectivity index (χ0v) is 28.6. The van der Waals surface area contributed by atoms with Gasteiger partial charge in [-0.25, -0.2) is 4.68 Å². The molecule has 8 nitrogen and oxygen atoms in total. The number of hydrogen-bond acceptors (Lipinski definition) is 6. The Morgan fingerprint density at radius 2 is 1.42 bits per heavy atom. The molecular formula is C36H42BrN3O5. The van der Waals surface area contributed by atoms with Crippen LogP contribution < -0.4 is 18.9 Å². The smallest absolute Gasteiger partial charge is 0.254 e. The summed E-state index contributed by atoms with van der Waals surface area (Å²) in [5.41, 5.74) is 6.75. The third-order valence-electron chi connectivity index (χ3n) is 8.02. The highest BCUT2D eigenvalue weighted by Crippen LogP contribution is 2.41. The van der Waals surface area contributed by atoms with Gasteiger partial charge in [0.1, 0.15) is 0 Å². The van der Waals surface area contributed by atoms with E-state index in [2.05, 4.69) is 39.2 Å². The molecule has 0 bridgehead atoms. The molecule has 1 aliphatic heterocycles. The Balaban J connectivity index is 1.53. The van der Waals surface area contributed by atoms with Crippen molar-refractivity contribution in [2.75, 3.05) is 33.0 Å². The van der Waals surface area contributed by atoms with Crippen LogP contribution in [-0.4, -0.2) is 53.6 Å². The molecule has 4 aromatic rings. The van der Waals surface area contributed by atoms with Crippen LogP contribution >= 0.6 is 15.9 Å². The summed E-state index contributed by atoms with van der Waals surface area (Å²) in [5, 5.41) is 4.64. The van der Waals surface area contributed by atoms with E-state index in [-0.39, 0.29) is 11.9 Å². The minimum absolute atomic E-state index is 0.0189. The van der Waals surface area contributed by atoms with E-state index in [1.807, 2.05) is 87.5 Å². The van der Waals surface area contributed by atoms with Crippen LogP contribution in [0.3, 0.4) is 0 Å². The van der Waals surface area contributed by atoms with Crippen molar-refractivity contribution in [1.82, 2.24) is 14.7 Å². The van der Waals surface area contributed by atoms with E-state index in [1.165, 1.54) is 0 Å². The van der Waals surface area contributed by atoms with Crippen molar-refractivity contribution in [2.45, 2.75) is 60.4 Å². The maximum Gasteiger partial charge on any atom is 0.254 e. The molecule has 1 unspecified atom stereocenters. The van der Waals surface area contributed by atoms with E-state index < -0.39 is 0 Å². The quantitative estimate of drug-likeness (QED) is 0.152. The van der Waals surface area contributed by atoms with Crippen LogP contribution in [-0.2, 0) is 12.8 Å². The number of benzene rings is 3. The summed E-state index contributed by atoms with van der Waals surface area (Å²) >= 11 is 3.61. The minimum Gasteiger partial charge on any atom is -0.490 e. The number of nitrogens with zero attached hydrogens (tertiary/aromatic N) is 3. The van der Waals surface area contributed by atoms with Gasteiger partial charge >= 0.3 is 0 Å². The van der Waals surface area contributed by atoms with Crippen molar-refractivity contribution in [1.29, 1.82) is 0 Å². The number of fused-ring (bicyclic) bond motifs is 1. The Morgan fingerprint density at radius 1 is 0.822 bits per heavy atom. The molecule has 9 heteroatoms. The van der Waals surface area contributed by atoms with Gasteiger partial charge in [0.15, 0.2) is 23.0 Å².